The van der Waals surface area contributed by atoms with E-state index in [0.29, 0.717) is 0 Å². The summed E-state index contributed by atoms with van der Waals surface area (Å²) >= 11 is 0. The number of hydrogen-bond acceptors (Lipinski definition) is 5. The second-order valence-corrected chi connectivity index (χ2v) is 4.51. The fourth-order valence-corrected chi connectivity index (χ4v) is 1.79. The molecule has 1 rings (SSSR count). The van der Waals surface area contributed by atoms with Crippen LogP contribution in [0.15, 0.2) is 18.2 Å². The van der Waals surface area contributed by atoms with Gasteiger partial charge in [0.05, 0.1) is 12.3 Å². The zero-order valence-electron chi connectivity index (χ0n) is 9.31. The Balaban J connectivity index is 2.76. The largest absolute Gasteiger partial charge is 0.505 e. The summed E-state index contributed by atoms with van der Waals surface area (Å²) < 4.78 is 43.5. The fraction of sp³-hybridized carbons (Fsp3) is 0.222. The van der Waals surface area contributed by atoms with E-state index >= 15 is 0 Å². The molecule has 0 radical (unpaired) electrons. The summed E-state index contributed by atoms with van der Waals surface area (Å²) in [6.45, 7) is 1.52. The van der Waals surface area contributed by atoms with Gasteiger partial charge in [0.2, 0.25) is 0 Å². The molecule has 1 aromatic carbocycles. The lowest BCUT2D eigenvalue weighted by Gasteiger charge is -2.09. The molecule has 0 saturated carbocycles. The van der Waals surface area contributed by atoms with Gasteiger partial charge in [-0.1, -0.05) is 0 Å². The second kappa shape index (κ2) is 5.54. The Labute approximate surface area is 103 Å². The maximum Gasteiger partial charge on any atom is 0.422 e. The molecule has 0 atom stereocenters. The highest BCUT2D eigenvalue weighted by Crippen LogP contribution is 2.19. The van der Waals surface area contributed by atoms with Gasteiger partial charge in [0.25, 0.3) is 0 Å². The van der Waals surface area contributed by atoms with E-state index in [9.17, 15) is 17.6 Å². The molecule has 0 aromatic heterocycles. The van der Waals surface area contributed by atoms with E-state index in [4.69, 9.17) is 5.11 Å². The van der Waals surface area contributed by atoms with Gasteiger partial charge in [0.15, 0.2) is 11.6 Å². The van der Waals surface area contributed by atoms with E-state index in [1.165, 1.54) is 6.92 Å². The number of amides is 1. The maximum absolute atomic E-state index is 12.9. The molecule has 3 N–H and O–H groups in total. The number of phenolic OH excluding ortho intramolecular Hbond substituents is 1. The maximum atomic E-state index is 12.9. The van der Waals surface area contributed by atoms with Crippen molar-refractivity contribution in [1.82, 2.24) is 4.72 Å². The molecule has 7 nitrogen and oxygen atoms in total. The van der Waals surface area contributed by atoms with Crippen LogP contribution in [0.1, 0.15) is 6.92 Å². The highest BCUT2D eigenvalue weighted by Gasteiger charge is 2.15. The Morgan fingerprint density at radius 3 is 2.72 bits per heavy atom. The molecule has 0 aliphatic heterocycles. The molecule has 0 aliphatic carbocycles. The van der Waals surface area contributed by atoms with Crippen LogP contribution < -0.4 is 9.44 Å². The predicted molar refractivity (Wildman–Crippen MR) is 60.8 cm³/mol. The summed E-state index contributed by atoms with van der Waals surface area (Å²) in [5, 5.41) is 8.92. The number of rotatable bonds is 4. The van der Waals surface area contributed by atoms with E-state index in [-0.39, 0.29) is 12.3 Å². The lowest BCUT2D eigenvalue weighted by molar-refractivity contribution is 0.159. The average Bonchev–Trinajstić information content (AvgIpc) is 2.22. The number of carbonyl (C=O) groups excluding carboxylic acids is 1. The third-order valence-corrected chi connectivity index (χ3v) is 2.63. The first-order valence-electron chi connectivity index (χ1n) is 4.80. The number of phenols is 1. The summed E-state index contributed by atoms with van der Waals surface area (Å²) in [6.07, 6.45) is -1.15. The van der Waals surface area contributed by atoms with Crippen LogP contribution in [0.3, 0.4) is 0 Å². The second-order valence-electron chi connectivity index (χ2n) is 3.09. The van der Waals surface area contributed by atoms with E-state index in [1.54, 1.807) is 4.72 Å². The SMILES string of the molecule is CCOC(=O)NS(=O)(=O)Nc1ccc(O)c(F)c1. The van der Waals surface area contributed by atoms with Crippen LogP contribution >= 0.6 is 0 Å². The van der Waals surface area contributed by atoms with Crippen molar-refractivity contribution < 1.29 is 27.4 Å². The van der Waals surface area contributed by atoms with Gasteiger partial charge >= 0.3 is 16.3 Å². The van der Waals surface area contributed by atoms with Crippen LogP contribution in [-0.4, -0.2) is 26.2 Å². The van der Waals surface area contributed by atoms with Crippen molar-refractivity contribution in [2.75, 3.05) is 11.3 Å². The summed E-state index contributed by atoms with van der Waals surface area (Å²) in [5.41, 5.74) is -0.151. The first-order valence-corrected chi connectivity index (χ1v) is 6.28. The molecule has 0 aliphatic rings. The number of benzene rings is 1. The van der Waals surface area contributed by atoms with Crippen molar-refractivity contribution in [1.29, 1.82) is 0 Å². The fourth-order valence-electron chi connectivity index (χ4n) is 1.02. The molecule has 0 saturated heterocycles. The molecule has 0 bridgehead atoms. The number of ether oxygens (including phenoxy) is 1. The minimum atomic E-state index is -4.21. The van der Waals surface area contributed by atoms with Gasteiger partial charge in [0.1, 0.15) is 0 Å². The van der Waals surface area contributed by atoms with Crippen molar-refractivity contribution in [3.05, 3.63) is 24.0 Å². The Kier molecular flexibility index (Phi) is 4.32. The highest BCUT2D eigenvalue weighted by atomic mass is 32.2. The third-order valence-electron chi connectivity index (χ3n) is 1.69. The smallest absolute Gasteiger partial charge is 0.422 e. The molecule has 18 heavy (non-hydrogen) atoms. The summed E-state index contributed by atoms with van der Waals surface area (Å²) in [6, 6.07) is 2.86. The summed E-state index contributed by atoms with van der Waals surface area (Å²) in [5.74, 6) is -1.61. The van der Waals surface area contributed by atoms with Crippen molar-refractivity contribution >= 4 is 22.0 Å². The van der Waals surface area contributed by atoms with Gasteiger partial charge in [-0.15, -0.1) is 0 Å². The minimum Gasteiger partial charge on any atom is -0.505 e. The Bertz CT molecular complexity index is 546. The molecule has 9 heteroatoms. The average molecular weight is 278 g/mol. The Hall–Kier alpha value is -2.03. The Morgan fingerprint density at radius 2 is 2.17 bits per heavy atom. The number of anilines is 1. The zero-order chi connectivity index (χ0) is 13.8. The van der Waals surface area contributed by atoms with Crippen LogP contribution in [-0.2, 0) is 14.9 Å². The predicted octanol–water partition coefficient (Wildman–Crippen LogP) is 0.934. The van der Waals surface area contributed by atoms with Crippen molar-refractivity contribution in [2.45, 2.75) is 6.92 Å². The number of hydrogen-bond donors (Lipinski definition) is 3. The molecule has 0 fully saturated rings. The molecule has 0 unspecified atom stereocenters. The highest BCUT2D eigenvalue weighted by molar-refractivity contribution is 7.91. The topological polar surface area (TPSA) is 105 Å². The Morgan fingerprint density at radius 1 is 1.50 bits per heavy atom. The van der Waals surface area contributed by atoms with Crippen LogP contribution in [0, 0.1) is 5.82 Å². The van der Waals surface area contributed by atoms with Crippen LogP contribution in [0.4, 0.5) is 14.9 Å². The monoisotopic (exact) mass is 278 g/mol. The van der Waals surface area contributed by atoms with Gasteiger partial charge in [0, 0.05) is 6.07 Å². The minimum absolute atomic E-state index is 0.00912. The summed E-state index contributed by atoms with van der Waals surface area (Å²) in [7, 11) is -4.21. The molecule has 0 heterocycles. The lowest BCUT2D eigenvalue weighted by atomic mass is 10.3. The molecule has 100 valence electrons. The van der Waals surface area contributed by atoms with Gasteiger partial charge in [-0.3, -0.25) is 4.72 Å². The first kappa shape index (κ1) is 14.0. The number of carbonyl (C=O) groups is 1. The summed E-state index contributed by atoms with van der Waals surface area (Å²) in [4.78, 5) is 10.9. The van der Waals surface area contributed by atoms with Gasteiger partial charge < -0.3 is 9.84 Å². The third kappa shape index (κ3) is 4.09. The van der Waals surface area contributed by atoms with Crippen LogP contribution in [0.5, 0.6) is 5.75 Å². The standard InChI is InChI=1S/C9H11FN2O5S/c1-2-17-9(14)12-18(15,16)11-6-3-4-8(13)7(10)5-6/h3-5,11,13H,2H2,1H3,(H,12,14). The molecule has 1 aromatic rings. The van der Waals surface area contributed by atoms with Gasteiger partial charge in [-0.05, 0) is 19.1 Å². The quantitative estimate of drug-likeness (QED) is 0.711. The normalized spacial score (nSPS) is 10.8. The van der Waals surface area contributed by atoms with E-state index in [1.807, 2.05) is 4.72 Å². The zero-order valence-corrected chi connectivity index (χ0v) is 10.1. The lowest BCUT2D eigenvalue weighted by Crippen LogP contribution is -2.35. The van der Waals surface area contributed by atoms with Gasteiger partial charge in [-0.2, -0.15) is 8.42 Å². The van der Waals surface area contributed by atoms with Crippen molar-refractivity contribution in [3.8, 4) is 5.75 Å². The first-order chi connectivity index (χ1) is 8.34. The van der Waals surface area contributed by atoms with Crippen LogP contribution in [0.2, 0.25) is 0 Å². The van der Waals surface area contributed by atoms with Gasteiger partial charge in [-0.25, -0.2) is 13.9 Å². The number of halogens is 1. The van der Waals surface area contributed by atoms with E-state index < -0.39 is 27.9 Å². The van der Waals surface area contributed by atoms with Crippen molar-refractivity contribution in [2.24, 2.45) is 0 Å². The van der Waals surface area contributed by atoms with E-state index in [0.717, 1.165) is 18.2 Å². The number of aromatic hydroxyl groups is 1. The molecule has 0 spiro atoms. The van der Waals surface area contributed by atoms with Crippen LogP contribution in [0.25, 0.3) is 0 Å². The molecular weight excluding hydrogens is 267 g/mol. The number of nitrogens with one attached hydrogen (secondary N) is 2. The van der Waals surface area contributed by atoms with Crippen molar-refractivity contribution in [3.63, 3.8) is 0 Å². The molecule has 1 amide bonds. The molecular formula is C9H11FN2O5S. The van der Waals surface area contributed by atoms with E-state index in [2.05, 4.69) is 4.74 Å².